The van der Waals surface area contributed by atoms with Gasteiger partial charge in [-0.1, -0.05) is 146 Å². The summed E-state index contributed by atoms with van der Waals surface area (Å²) in [6.07, 6.45) is 0. The number of para-hydroxylation sites is 2. The van der Waals surface area contributed by atoms with Gasteiger partial charge in [-0.3, -0.25) is 0 Å². The maximum Gasteiger partial charge on any atom is 0.164 e. The zero-order chi connectivity index (χ0) is 37.9. The molecule has 0 unspecified atom stereocenters. The summed E-state index contributed by atoms with van der Waals surface area (Å²) in [6, 6.07) is 67.5. The second kappa shape index (κ2) is 11.8. The van der Waals surface area contributed by atoms with Gasteiger partial charge < -0.3 is 8.80 Å². The van der Waals surface area contributed by atoms with Crippen molar-refractivity contribution >= 4 is 87.0 Å². The summed E-state index contributed by atoms with van der Waals surface area (Å²) in [5.74, 6) is 1.91. The van der Waals surface area contributed by atoms with E-state index < -0.39 is 0 Å². The Bertz CT molecular complexity index is 3790. The van der Waals surface area contributed by atoms with Gasteiger partial charge in [-0.2, -0.15) is 0 Å². The third-order valence-corrected chi connectivity index (χ3v) is 12.0. The third kappa shape index (κ3) is 4.38. The molecule has 0 radical (unpaired) electrons. The van der Waals surface area contributed by atoms with E-state index in [1.54, 1.807) is 0 Å². The predicted molar refractivity (Wildman–Crippen MR) is 241 cm³/mol. The molecule has 58 heavy (non-hydrogen) atoms. The normalized spacial score (nSPS) is 12.1. The maximum absolute atomic E-state index is 5.24. The van der Waals surface area contributed by atoms with Crippen LogP contribution in [0.3, 0.4) is 0 Å². The second-order valence-corrected chi connectivity index (χ2v) is 15.2. The van der Waals surface area contributed by atoms with Crippen molar-refractivity contribution in [2.75, 3.05) is 0 Å². The van der Waals surface area contributed by atoms with E-state index in [1.165, 1.54) is 54.0 Å². The van der Waals surface area contributed by atoms with Gasteiger partial charge in [0.1, 0.15) is 0 Å². The Morgan fingerprint density at radius 1 is 0.276 bits per heavy atom. The van der Waals surface area contributed by atoms with Crippen molar-refractivity contribution in [2.24, 2.45) is 0 Å². The number of hydrogen-bond donors (Lipinski definition) is 0. The van der Waals surface area contributed by atoms with Crippen molar-refractivity contribution in [2.45, 2.75) is 0 Å². The van der Waals surface area contributed by atoms with Gasteiger partial charge >= 0.3 is 0 Å². The average Bonchev–Trinajstić information content (AvgIpc) is 3.82. The fraction of sp³-hybridized carbons (Fsp3) is 0. The minimum absolute atomic E-state index is 0.627. The molecule has 0 aliphatic carbocycles. The van der Waals surface area contributed by atoms with E-state index in [0.29, 0.717) is 17.5 Å². The van der Waals surface area contributed by atoms with Crippen LogP contribution in [-0.2, 0) is 0 Å². The van der Waals surface area contributed by atoms with Gasteiger partial charge in [0.15, 0.2) is 17.5 Å². The van der Waals surface area contributed by atoms with Crippen molar-refractivity contribution in [3.63, 3.8) is 0 Å². The quantitative estimate of drug-likeness (QED) is 0.181. The number of fused-ring (bicyclic) bond motifs is 13. The minimum atomic E-state index is 0.627. The third-order valence-electron chi connectivity index (χ3n) is 12.0. The Hall–Kier alpha value is -7.89. The number of nitrogens with zero attached hydrogens (tertiary/aromatic N) is 5. The second-order valence-electron chi connectivity index (χ2n) is 15.2. The van der Waals surface area contributed by atoms with Crippen molar-refractivity contribution in [3.05, 3.63) is 188 Å². The topological polar surface area (TPSA) is 47.5 Å². The van der Waals surface area contributed by atoms with E-state index >= 15 is 0 Å². The molecule has 4 aromatic heterocycles. The van der Waals surface area contributed by atoms with E-state index in [-0.39, 0.29) is 0 Å². The highest BCUT2D eigenvalue weighted by molar-refractivity contribution is 6.31. The molecule has 13 rings (SSSR count). The molecule has 0 saturated heterocycles. The first-order valence-electron chi connectivity index (χ1n) is 19.7. The molecule has 0 bridgehead atoms. The number of benzene rings is 9. The Balaban J connectivity index is 1.31. The molecule has 5 nitrogen and oxygen atoms in total. The van der Waals surface area contributed by atoms with Crippen LogP contribution in [0.4, 0.5) is 0 Å². The molecular formula is C53H31N5. The summed E-state index contributed by atoms with van der Waals surface area (Å²) < 4.78 is 5.02. The smallest absolute Gasteiger partial charge is 0.164 e. The molecule has 0 aliphatic heterocycles. The van der Waals surface area contributed by atoms with Crippen LogP contribution in [0.25, 0.3) is 121 Å². The van der Waals surface area contributed by atoms with Crippen LogP contribution in [0.2, 0.25) is 0 Å². The lowest BCUT2D eigenvalue weighted by atomic mass is 9.98. The van der Waals surface area contributed by atoms with Gasteiger partial charge in [0.25, 0.3) is 0 Å². The Kier molecular flexibility index (Phi) is 6.38. The van der Waals surface area contributed by atoms with Crippen molar-refractivity contribution in [1.29, 1.82) is 0 Å². The number of aromatic nitrogens is 5. The van der Waals surface area contributed by atoms with Crippen molar-refractivity contribution in [3.8, 4) is 34.2 Å². The summed E-state index contributed by atoms with van der Waals surface area (Å²) in [7, 11) is 0. The molecule has 13 aromatic rings. The van der Waals surface area contributed by atoms with Gasteiger partial charge in [-0.15, -0.1) is 0 Å². The number of hydrogen-bond acceptors (Lipinski definition) is 3. The molecule has 0 atom stereocenters. The van der Waals surface area contributed by atoms with Crippen LogP contribution >= 0.6 is 0 Å². The predicted octanol–water partition coefficient (Wildman–Crippen LogP) is 13.5. The first kappa shape index (κ1) is 31.3. The standard InChI is InChI=1S/C53H31N5/c1-3-15-32(16-4-1)51-54-52(33-17-5-2-6-18-33)56-53(55-51)37-29-42-39-23-11-13-25-44(39)57-46-30-35-20-8-7-19-34(35)27-41(46)43-28-36-21-9-10-22-38(36)48-40-24-12-14-26-45(40)58(50(43)48)47(31-37)49(42)57/h1-31H. The largest absolute Gasteiger partial charge is 0.307 e. The first-order valence-corrected chi connectivity index (χ1v) is 19.7. The van der Waals surface area contributed by atoms with E-state index in [9.17, 15) is 0 Å². The van der Waals surface area contributed by atoms with Crippen LogP contribution in [0.5, 0.6) is 0 Å². The van der Waals surface area contributed by atoms with Gasteiger partial charge in [0.2, 0.25) is 0 Å². The molecular weight excluding hydrogens is 707 g/mol. The zero-order valence-corrected chi connectivity index (χ0v) is 31.1. The molecule has 268 valence electrons. The molecule has 9 aromatic carbocycles. The minimum Gasteiger partial charge on any atom is -0.307 e. The molecule has 0 amide bonds. The molecule has 0 fully saturated rings. The lowest BCUT2D eigenvalue weighted by Crippen LogP contribution is -2.01. The molecule has 0 aliphatic rings. The molecule has 4 heterocycles. The fourth-order valence-corrected chi connectivity index (χ4v) is 9.49. The Morgan fingerprint density at radius 3 is 1.45 bits per heavy atom. The van der Waals surface area contributed by atoms with Crippen LogP contribution < -0.4 is 0 Å². The Morgan fingerprint density at radius 2 is 0.759 bits per heavy atom. The molecule has 5 heteroatoms. The van der Waals surface area contributed by atoms with E-state index in [2.05, 4.69) is 160 Å². The van der Waals surface area contributed by atoms with Gasteiger partial charge in [0.05, 0.1) is 33.1 Å². The molecule has 0 saturated carbocycles. The van der Waals surface area contributed by atoms with Crippen LogP contribution in [0, 0.1) is 0 Å². The summed E-state index contributed by atoms with van der Waals surface area (Å²) in [5, 5.41) is 12.1. The van der Waals surface area contributed by atoms with Crippen LogP contribution in [-0.4, -0.2) is 23.8 Å². The fourth-order valence-electron chi connectivity index (χ4n) is 9.49. The van der Waals surface area contributed by atoms with E-state index in [4.69, 9.17) is 15.0 Å². The highest BCUT2D eigenvalue weighted by Crippen LogP contribution is 2.45. The molecule has 0 spiro atoms. The van der Waals surface area contributed by atoms with Gasteiger partial charge in [0, 0.05) is 49.0 Å². The maximum atomic E-state index is 5.24. The summed E-state index contributed by atoms with van der Waals surface area (Å²) >= 11 is 0. The summed E-state index contributed by atoms with van der Waals surface area (Å²) in [4.78, 5) is 15.5. The van der Waals surface area contributed by atoms with Crippen LogP contribution in [0.15, 0.2) is 188 Å². The van der Waals surface area contributed by atoms with Gasteiger partial charge in [-0.25, -0.2) is 15.0 Å². The average molecular weight is 738 g/mol. The SMILES string of the molecule is c1ccc(-c2nc(-c3ccccc3)nc(-c3cc4c5ccccc5n5c6cc7ccccc7cc6c6cc7ccccc7c7c8ccccc8n(c(c3)c45)c67)n2)cc1. The number of rotatable bonds is 3. The first-order chi connectivity index (χ1) is 28.8. The summed E-state index contributed by atoms with van der Waals surface area (Å²) in [6.45, 7) is 0. The Labute approximate surface area is 331 Å². The van der Waals surface area contributed by atoms with E-state index in [1.807, 2.05) is 36.4 Å². The highest BCUT2D eigenvalue weighted by atomic mass is 15.0. The van der Waals surface area contributed by atoms with Crippen molar-refractivity contribution in [1.82, 2.24) is 23.8 Å². The van der Waals surface area contributed by atoms with Gasteiger partial charge in [-0.05, 0) is 64.0 Å². The van der Waals surface area contributed by atoms with Crippen LogP contribution in [0.1, 0.15) is 0 Å². The molecule has 0 N–H and O–H groups in total. The highest BCUT2D eigenvalue weighted by Gasteiger charge is 2.23. The van der Waals surface area contributed by atoms with Crippen molar-refractivity contribution < 1.29 is 0 Å². The summed E-state index contributed by atoms with van der Waals surface area (Å²) in [5.41, 5.74) is 9.68. The lowest BCUT2D eigenvalue weighted by molar-refractivity contribution is 1.07. The zero-order valence-electron chi connectivity index (χ0n) is 31.1. The monoisotopic (exact) mass is 737 g/mol. The van der Waals surface area contributed by atoms with E-state index in [0.717, 1.165) is 49.7 Å². The lowest BCUT2D eigenvalue weighted by Gasteiger charge is -2.14.